The number of benzene rings is 1. The third-order valence-corrected chi connectivity index (χ3v) is 4.18. The van der Waals surface area contributed by atoms with E-state index in [1.807, 2.05) is 42.6 Å². The molecule has 0 radical (unpaired) electrons. The lowest BCUT2D eigenvalue weighted by molar-refractivity contribution is -0.128. The largest absolute Gasteiger partial charge is 0.374 e. The SMILES string of the molecule is CC(=O)Nc1ccc(C)cc1NCC(=O)N(C)Cc1cccs1. The number of carbonyl (C=O) groups excluding carboxylic acids is 2. The summed E-state index contributed by atoms with van der Waals surface area (Å²) in [6.45, 7) is 4.21. The van der Waals surface area contributed by atoms with Gasteiger partial charge in [0.25, 0.3) is 0 Å². The lowest BCUT2D eigenvalue weighted by Crippen LogP contribution is -2.31. The number of rotatable bonds is 6. The van der Waals surface area contributed by atoms with Crippen molar-refractivity contribution >= 4 is 34.5 Å². The van der Waals surface area contributed by atoms with Gasteiger partial charge in [0.05, 0.1) is 24.5 Å². The summed E-state index contributed by atoms with van der Waals surface area (Å²) >= 11 is 1.63. The fourth-order valence-electron chi connectivity index (χ4n) is 2.13. The van der Waals surface area contributed by atoms with Crippen molar-refractivity contribution in [3.05, 3.63) is 46.2 Å². The van der Waals surface area contributed by atoms with E-state index < -0.39 is 0 Å². The molecule has 0 aliphatic carbocycles. The molecule has 2 aromatic rings. The van der Waals surface area contributed by atoms with Crippen molar-refractivity contribution < 1.29 is 9.59 Å². The highest BCUT2D eigenvalue weighted by atomic mass is 32.1. The summed E-state index contributed by atoms with van der Waals surface area (Å²) in [5.41, 5.74) is 2.48. The molecule has 1 aromatic heterocycles. The average molecular weight is 331 g/mol. The number of carbonyl (C=O) groups is 2. The molecule has 1 heterocycles. The normalized spacial score (nSPS) is 10.2. The minimum Gasteiger partial charge on any atom is -0.374 e. The summed E-state index contributed by atoms with van der Waals surface area (Å²) in [7, 11) is 1.79. The predicted molar refractivity (Wildman–Crippen MR) is 94.8 cm³/mol. The zero-order chi connectivity index (χ0) is 16.8. The lowest BCUT2D eigenvalue weighted by atomic mass is 10.2. The van der Waals surface area contributed by atoms with Gasteiger partial charge in [-0.1, -0.05) is 12.1 Å². The van der Waals surface area contributed by atoms with Crippen LogP contribution >= 0.6 is 11.3 Å². The number of anilines is 2. The van der Waals surface area contributed by atoms with E-state index in [-0.39, 0.29) is 18.4 Å². The number of aryl methyl sites for hydroxylation is 1. The molecule has 0 saturated heterocycles. The Kier molecular flexibility index (Phi) is 5.76. The van der Waals surface area contributed by atoms with Crippen LogP contribution in [0.1, 0.15) is 17.4 Å². The highest BCUT2D eigenvalue weighted by Gasteiger charge is 2.11. The van der Waals surface area contributed by atoms with E-state index in [4.69, 9.17) is 0 Å². The Morgan fingerprint density at radius 2 is 2.00 bits per heavy atom. The molecule has 5 nitrogen and oxygen atoms in total. The van der Waals surface area contributed by atoms with Crippen LogP contribution in [0.15, 0.2) is 35.7 Å². The maximum Gasteiger partial charge on any atom is 0.241 e. The molecule has 2 rings (SSSR count). The van der Waals surface area contributed by atoms with E-state index in [1.54, 1.807) is 23.3 Å². The van der Waals surface area contributed by atoms with Crippen molar-refractivity contribution in [1.82, 2.24) is 4.90 Å². The Bertz CT molecular complexity index is 683. The molecule has 1 aromatic carbocycles. The Hall–Kier alpha value is -2.34. The van der Waals surface area contributed by atoms with Crippen molar-refractivity contribution in [1.29, 1.82) is 0 Å². The first-order chi connectivity index (χ1) is 11.0. The molecule has 0 atom stereocenters. The number of hydrogen-bond acceptors (Lipinski definition) is 4. The summed E-state index contributed by atoms with van der Waals surface area (Å²) in [5, 5.41) is 7.88. The molecule has 0 aliphatic rings. The second kappa shape index (κ2) is 7.78. The van der Waals surface area contributed by atoms with Gasteiger partial charge in [-0.15, -0.1) is 11.3 Å². The summed E-state index contributed by atoms with van der Waals surface area (Å²) < 4.78 is 0. The van der Waals surface area contributed by atoms with Gasteiger partial charge in [-0.05, 0) is 36.1 Å². The standard InChI is InChI=1S/C17H21N3O2S/c1-12-6-7-15(19-13(2)21)16(9-12)18-10-17(22)20(3)11-14-5-4-8-23-14/h4-9,18H,10-11H2,1-3H3,(H,19,21). The van der Waals surface area contributed by atoms with Crippen LogP contribution in [-0.2, 0) is 16.1 Å². The molecule has 0 bridgehead atoms. The Morgan fingerprint density at radius 1 is 1.22 bits per heavy atom. The third-order valence-electron chi connectivity index (χ3n) is 3.31. The minimum absolute atomic E-state index is 0.00585. The van der Waals surface area contributed by atoms with Crippen LogP contribution in [0, 0.1) is 6.92 Å². The van der Waals surface area contributed by atoms with E-state index in [9.17, 15) is 9.59 Å². The van der Waals surface area contributed by atoms with Crippen LogP contribution in [0.2, 0.25) is 0 Å². The van der Waals surface area contributed by atoms with Crippen LogP contribution in [-0.4, -0.2) is 30.3 Å². The Morgan fingerprint density at radius 3 is 2.65 bits per heavy atom. The molecule has 0 fully saturated rings. The second-order valence-corrected chi connectivity index (χ2v) is 6.45. The molecule has 2 amide bonds. The smallest absolute Gasteiger partial charge is 0.241 e. The summed E-state index contributed by atoms with van der Waals surface area (Å²) in [6, 6.07) is 9.65. The van der Waals surface area contributed by atoms with Crippen LogP contribution in [0.4, 0.5) is 11.4 Å². The fourth-order valence-corrected chi connectivity index (χ4v) is 2.89. The highest BCUT2D eigenvalue weighted by Crippen LogP contribution is 2.23. The maximum atomic E-state index is 12.2. The number of nitrogens with zero attached hydrogens (tertiary/aromatic N) is 1. The summed E-state index contributed by atoms with van der Waals surface area (Å²) in [4.78, 5) is 26.3. The average Bonchev–Trinajstić information content (AvgIpc) is 2.99. The van der Waals surface area contributed by atoms with E-state index in [1.165, 1.54) is 6.92 Å². The van der Waals surface area contributed by atoms with E-state index >= 15 is 0 Å². The van der Waals surface area contributed by atoms with Crippen LogP contribution in [0.5, 0.6) is 0 Å². The molecule has 0 spiro atoms. The minimum atomic E-state index is -0.141. The van der Waals surface area contributed by atoms with Crippen LogP contribution < -0.4 is 10.6 Å². The van der Waals surface area contributed by atoms with Crippen LogP contribution in [0.3, 0.4) is 0 Å². The number of likely N-dealkylation sites (N-methyl/N-ethyl adjacent to an activating group) is 1. The van der Waals surface area contributed by atoms with E-state index in [0.29, 0.717) is 12.2 Å². The quantitative estimate of drug-likeness (QED) is 0.855. The topological polar surface area (TPSA) is 61.4 Å². The lowest BCUT2D eigenvalue weighted by Gasteiger charge is -2.18. The molecule has 2 N–H and O–H groups in total. The molecular weight excluding hydrogens is 310 g/mol. The zero-order valence-electron chi connectivity index (χ0n) is 13.6. The number of amides is 2. The van der Waals surface area contributed by atoms with Gasteiger partial charge in [-0.2, -0.15) is 0 Å². The summed E-state index contributed by atoms with van der Waals surface area (Å²) in [5.74, 6) is -0.147. The van der Waals surface area contributed by atoms with Gasteiger partial charge in [0.2, 0.25) is 11.8 Å². The first-order valence-corrected chi connectivity index (χ1v) is 8.22. The first-order valence-electron chi connectivity index (χ1n) is 7.34. The second-order valence-electron chi connectivity index (χ2n) is 5.41. The van der Waals surface area contributed by atoms with E-state index in [0.717, 1.165) is 16.1 Å². The van der Waals surface area contributed by atoms with Crippen molar-refractivity contribution in [2.75, 3.05) is 24.2 Å². The fraction of sp³-hybridized carbons (Fsp3) is 0.294. The van der Waals surface area contributed by atoms with Gasteiger partial charge in [-0.3, -0.25) is 9.59 Å². The Balaban J connectivity index is 1.97. The van der Waals surface area contributed by atoms with Gasteiger partial charge in [0, 0.05) is 18.8 Å². The predicted octanol–water partition coefficient (Wildman–Crippen LogP) is 3.09. The molecule has 6 heteroatoms. The van der Waals surface area contributed by atoms with Gasteiger partial charge in [0.15, 0.2) is 0 Å². The van der Waals surface area contributed by atoms with Crippen molar-refractivity contribution in [3.63, 3.8) is 0 Å². The highest BCUT2D eigenvalue weighted by molar-refractivity contribution is 7.09. The first kappa shape index (κ1) is 17.0. The molecular formula is C17H21N3O2S. The van der Waals surface area contributed by atoms with Crippen molar-refractivity contribution in [3.8, 4) is 0 Å². The van der Waals surface area contributed by atoms with Gasteiger partial charge in [0.1, 0.15) is 0 Å². The van der Waals surface area contributed by atoms with Crippen molar-refractivity contribution in [2.45, 2.75) is 20.4 Å². The van der Waals surface area contributed by atoms with Gasteiger partial charge < -0.3 is 15.5 Å². The van der Waals surface area contributed by atoms with Crippen molar-refractivity contribution in [2.24, 2.45) is 0 Å². The molecule has 0 saturated carbocycles. The molecule has 23 heavy (non-hydrogen) atoms. The monoisotopic (exact) mass is 331 g/mol. The third kappa shape index (κ3) is 5.10. The van der Waals surface area contributed by atoms with E-state index in [2.05, 4.69) is 10.6 Å². The van der Waals surface area contributed by atoms with Gasteiger partial charge >= 0.3 is 0 Å². The van der Waals surface area contributed by atoms with Crippen LogP contribution in [0.25, 0.3) is 0 Å². The molecule has 0 aliphatic heterocycles. The number of thiophene rings is 1. The number of hydrogen-bond donors (Lipinski definition) is 2. The zero-order valence-corrected chi connectivity index (χ0v) is 14.4. The Labute approximate surface area is 140 Å². The number of nitrogens with one attached hydrogen (secondary N) is 2. The molecule has 122 valence electrons. The maximum absolute atomic E-state index is 12.2. The molecule has 0 unspecified atom stereocenters. The van der Waals surface area contributed by atoms with Gasteiger partial charge in [-0.25, -0.2) is 0 Å². The summed E-state index contributed by atoms with van der Waals surface area (Å²) in [6.07, 6.45) is 0.